The number of rotatable bonds is 3. The Morgan fingerprint density at radius 2 is 1.48 bits per heavy atom. The highest BCUT2D eigenvalue weighted by Gasteiger charge is 2.34. The molecule has 0 radical (unpaired) electrons. The van der Waals surface area contributed by atoms with Crippen molar-refractivity contribution in [3.8, 4) is 11.2 Å². The van der Waals surface area contributed by atoms with Gasteiger partial charge in [0.1, 0.15) is 5.69 Å². The van der Waals surface area contributed by atoms with Gasteiger partial charge in [-0.15, -0.1) is 0 Å². The van der Waals surface area contributed by atoms with Crippen LogP contribution < -0.4 is 5.56 Å². The predicted octanol–water partition coefficient (Wildman–Crippen LogP) is 4.73. The molecule has 1 aromatic heterocycles. The van der Waals surface area contributed by atoms with E-state index in [2.05, 4.69) is 52.7 Å². The summed E-state index contributed by atoms with van der Waals surface area (Å²) in [6, 6.07) is 2.02. The Morgan fingerprint density at radius 3 is 1.87 bits per heavy atom. The molecule has 2 nitrogen and oxygen atoms in total. The van der Waals surface area contributed by atoms with Crippen LogP contribution in [-0.2, 0) is 6.18 Å². The first-order valence-corrected chi connectivity index (χ1v) is 9.37. The fourth-order valence-electron chi connectivity index (χ4n) is 2.90. The smallest absolute Gasteiger partial charge is 0.318 e. The normalized spacial score (nSPS) is 13.4. The van der Waals surface area contributed by atoms with E-state index in [9.17, 15) is 18.0 Å². The second-order valence-corrected chi connectivity index (χ2v) is 10.8. The number of alkyl halides is 3. The zero-order chi connectivity index (χ0) is 18.0. The summed E-state index contributed by atoms with van der Waals surface area (Å²) in [5.74, 6) is 2.85. The monoisotopic (exact) mass is 347 g/mol. The minimum absolute atomic E-state index is 0.111. The highest BCUT2D eigenvalue weighted by molar-refractivity contribution is 8.38. The van der Waals surface area contributed by atoms with Crippen LogP contribution in [0.3, 0.4) is 0 Å². The fourth-order valence-corrected chi connectivity index (χ4v) is 7.17. The SMILES string of the molecule is CC(C)S(C#Cc1cc(C(F)(F)F)[nH]c(=O)c1)(C(C)C)C(C)C. The number of H-pyrrole nitrogens is 1. The van der Waals surface area contributed by atoms with Crippen LogP contribution >= 0.6 is 10.0 Å². The minimum atomic E-state index is -4.59. The summed E-state index contributed by atoms with van der Waals surface area (Å²) in [5, 5.41) is 4.22. The van der Waals surface area contributed by atoms with Gasteiger partial charge in [-0.05, 0) is 27.1 Å². The third-order valence-corrected chi connectivity index (χ3v) is 9.00. The van der Waals surface area contributed by atoms with E-state index in [0.29, 0.717) is 15.7 Å². The Hall–Kier alpha value is -1.35. The summed E-state index contributed by atoms with van der Waals surface area (Å²) in [4.78, 5) is 13.3. The Balaban J connectivity index is 3.44. The molecule has 0 spiro atoms. The van der Waals surface area contributed by atoms with Crippen molar-refractivity contribution in [3.05, 3.63) is 33.7 Å². The van der Waals surface area contributed by atoms with E-state index in [4.69, 9.17) is 0 Å². The van der Waals surface area contributed by atoms with Gasteiger partial charge in [0.25, 0.3) is 0 Å². The maximum atomic E-state index is 12.8. The van der Waals surface area contributed by atoms with E-state index in [1.807, 2.05) is 4.98 Å². The molecular weight excluding hydrogens is 323 g/mol. The Morgan fingerprint density at radius 1 is 1.00 bits per heavy atom. The third-order valence-electron chi connectivity index (χ3n) is 3.86. The van der Waals surface area contributed by atoms with Gasteiger partial charge >= 0.3 is 6.18 Å². The largest absolute Gasteiger partial charge is 0.431 e. The lowest BCUT2D eigenvalue weighted by molar-refractivity contribution is -0.141. The summed E-state index contributed by atoms with van der Waals surface area (Å²) in [7, 11) is -1.36. The molecule has 0 amide bonds. The van der Waals surface area contributed by atoms with E-state index in [1.54, 1.807) is 0 Å². The lowest BCUT2D eigenvalue weighted by atomic mass is 10.2. The van der Waals surface area contributed by atoms with Crippen LogP contribution in [0.15, 0.2) is 16.9 Å². The van der Waals surface area contributed by atoms with E-state index < -0.39 is 27.5 Å². The highest BCUT2D eigenvalue weighted by atomic mass is 32.3. The van der Waals surface area contributed by atoms with Gasteiger partial charge < -0.3 is 4.98 Å². The maximum Gasteiger partial charge on any atom is 0.431 e. The molecule has 0 aliphatic heterocycles. The lowest BCUT2D eigenvalue weighted by Gasteiger charge is -2.46. The van der Waals surface area contributed by atoms with Crippen molar-refractivity contribution in [2.75, 3.05) is 0 Å². The van der Waals surface area contributed by atoms with Crippen LogP contribution in [0.1, 0.15) is 52.8 Å². The first kappa shape index (κ1) is 19.7. The maximum absolute atomic E-state index is 12.8. The average Bonchev–Trinajstić information content (AvgIpc) is 2.36. The van der Waals surface area contributed by atoms with Gasteiger partial charge in [0.2, 0.25) is 5.56 Å². The first-order chi connectivity index (χ1) is 10.4. The van der Waals surface area contributed by atoms with Crippen molar-refractivity contribution in [3.63, 3.8) is 0 Å². The standard InChI is InChI=1S/C17H24F3NOS/c1-11(2)23(12(3)4,13(5)6)8-7-14-9-15(17(18,19)20)21-16(22)10-14/h9-13H,1-6H3,(H,21,22). The minimum Gasteiger partial charge on any atom is -0.318 e. The number of aromatic amines is 1. The molecule has 0 saturated carbocycles. The second-order valence-electron chi connectivity index (χ2n) is 6.28. The van der Waals surface area contributed by atoms with Crippen LogP contribution in [0.4, 0.5) is 13.2 Å². The molecule has 0 atom stereocenters. The van der Waals surface area contributed by atoms with E-state index in [1.165, 1.54) is 0 Å². The molecule has 0 aliphatic carbocycles. The molecular formula is C17H24F3NOS. The van der Waals surface area contributed by atoms with Crippen molar-refractivity contribution < 1.29 is 13.2 Å². The molecule has 0 bridgehead atoms. The van der Waals surface area contributed by atoms with Crippen LogP contribution in [-0.4, -0.2) is 20.7 Å². The molecule has 6 heteroatoms. The Kier molecular flexibility index (Phi) is 6.03. The number of pyridine rings is 1. The molecule has 1 aromatic rings. The number of aromatic nitrogens is 1. The summed E-state index contributed by atoms with van der Waals surface area (Å²) in [6.45, 7) is 12.6. The van der Waals surface area contributed by atoms with Crippen LogP contribution in [0, 0.1) is 11.2 Å². The van der Waals surface area contributed by atoms with Crippen molar-refractivity contribution in [2.45, 2.75) is 63.5 Å². The van der Waals surface area contributed by atoms with Gasteiger partial charge in [-0.25, -0.2) is 0 Å². The molecule has 0 unspecified atom stereocenters. The van der Waals surface area contributed by atoms with Gasteiger partial charge in [0.05, 0.1) is 0 Å². The summed E-state index contributed by atoms with van der Waals surface area (Å²) >= 11 is 0. The van der Waals surface area contributed by atoms with Crippen LogP contribution in [0.5, 0.6) is 0 Å². The molecule has 0 aliphatic rings. The zero-order valence-corrected chi connectivity index (χ0v) is 15.2. The zero-order valence-electron chi connectivity index (χ0n) is 14.3. The molecule has 130 valence electrons. The van der Waals surface area contributed by atoms with E-state index >= 15 is 0 Å². The van der Waals surface area contributed by atoms with Crippen molar-refractivity contribution >= 4 is 10.0 Å². The van der Waals surface area contributed by atoms with Gasteiger partial charge in [0.15, 0.2) is 0 Å². The molecule has 0 aromatic carbocycles. The summed E-state index contributed by atoms with van der Waals surface area (Å²) in [5.41, 5.74) is -1.74. The quantitative estimate of drug-likeness (QED) is 0.788. The lowest BCUT2D eigenvalue weighted by Crippen LogP contribution is -2.27. The Labute approximate surface area is 137 Å². The number of hydrogen-bond donors (Lipinski definition) is 1. The van der Waals surface area contributed by atoms with Crippen molar-refractivity contribution in [2.24, 2.45) is 0 Å². The third kappa shape index (κ3) is 4.35. The van der Waals surface area contributed by atoms with E-state index in [0.717, 1.165) is 12.1 Å². The van der Waals surface area contributed by atoms with Gasteiger partial charge in [-0.3, -0.25) is 4.79 Å². The van der Waals surface area contributed by atoms with Crippen LogP contribution in [0.25, 0.3) is 0 Å². The van der Waals surface area contributed by atoms with Crippen molar-refractivity contribution in [1.82, 2.24) is 4.98 Å². The highest BCUT2D eigenvalue weighted by Crippen LogP contribution is 2.59. The van der Waals surface area contributed by atoms with Gasteiger partial charge in [-0.2, -0.15) is 23.2 Å². The molecule has 23 heavy (non-hydrogen) atoms. The predicted molar refractivity (Wildman–Crippen MR) is 91.9 cm³/mol. The van der Waals surface area contributed by atoms with Gasteiger partial charge in [0, 0.05) is 11.6 Å². The topological polar surface area (TPSA) is 32.9 Å². The van der Waals surface area contributed by atoms with Gasteiger partial charge in [-0.1, -0.05) is 47.5 Å². The Bertz CT molecular complexity index is 641. The molecule has 1 N–H and O–H groups in total. The average molecular weight is 347 g/mol. The number of hydrogen-bond acceptors (Lipinski definition) is 1. The van der Waals surface area contributed by atoms with E-state index in [-0.39, 0.29) is 5.56 Å². The van der Waals surface area contributed by atoms with Crippen LogP contribution in [0.2, 0.25) is 0 Å². The number of nitrogens with one attached hydrogen (secondary N) is 1. The molecule has 0 saturated heterocycles. The fraction of sp³-hybridized carbons (Fsp3) is 0.588. The van der Waals surface area contributed by atoms with Crippen molar-refractivity contribution in [1.29, 1.82) is 0 Å². The molecule has 1 rings (SSSR count). The first-order valence-electron chi connectivity index (χ1n) is 7.55. The second kappa shape index (κ2) is 7.04. The summed E-state index contributed by atoms with van der Waals surface area (Å²) < 4.78 is 38.4. The number of halogens is 3. The molecule has 0 fully saturated rings. The molecule has 1 heterocycles. The summed E-state index contributed by atoms with van der Waals surface area (Å²) in [6.07, 6.45) is -4.59.